The molecule has 2 heterocycles. The fourth-order valence-electron chi connectivity index (χ4n) is 4.39. The Morgan fingerprint density at radius 1 is 1.29 bits per heavy atom. The minimum absolute atomic E-state index is 0.0176. The Hall–Kier alpha value is -1.80. The van der Waals surface area contributed by atoms with E-state index in [-0.39, 0.29) is 30.2 Å². The number of carbonyl (C=O) groups excluding carboxylic acids is 2. The maximum atomic E-state index is 12.6. The van der Waals surface area contributed by atoms with Crippen molar-refractivity contribution in [2.75, 3.05) is 32.9 Å². The number of hydrogen-bond acceptors (Lipinski definition) is 5. The topological polar surface area (TPSA) is 53.1 Å². The zero-order chi connectivity index (χ0) is 19.8. The van der Waals surface area contributed by atoms with E-state index in [0.29, 0.717) is 23.2 Å². The van der Waals surface area contributed by atoms with Crippen LogP contribution in [-0.2, 0) is 16.0 Å². The lowest BCUT2D eigenvalue weighted by atomic mass is 9.99. The maximum absolute atomic E-state index is 12.6. The molecule has 0 saturated carbocycles. The highest BCUT2D eigenvalue weighted by molar-refractivity contribution is 8.23. The van der Waals surface area contributed by atoms with Gasteiger partial charge in [0.2, 0.25) is 5.91 Å². The summed E-state index contributed by atoms with van der Waals surface area (Å²) in [6.45, 7) is 1.34. The minimum Gasteiger partial charge on any atom is -0.443 e. The molecular weight excluding hydrogens is 394 g/mol. The zero-order valence-electron chi connectivity index (χ0n) is 16.2. The summed E-state index contributed by atoms with van der Waals surface area (Å²) in [4.78, 5) is 30.7. The summed E-state index contributed by atoms with van der Waals surface area (Å²) in [5.74, 6) is 0.478. The van der Waals surface area contributed by atoms with E-state index in [9.17, 15) is 9.59 Å². The van der Waals surface area contributed by atoms with Crippen LogP contribution in [0.5, 0.6) is 0 Å². The lowest BCUT2D eigenvalue weighted by Crippen LogP contribution is -2.48. The Balaban J connectivity index is 1.37. The Bertz CT molecular complexity index is 793. The van der Waals surface area contributed by atoms with Crippen molar-refractivity contribution in [2.45, 2.75) is 37.5 Å². The number of piperidine rings is 1. The second kappa shape index (κ2) is 7.91. The van der Waals surface area contributed by atoms with Gasteiger partial charge in [-0.1, -0.05) is 48.2 Å². The molecule has 2 atom stereocenters. The lowest BCUT2D eigenvalue weighted by Gasteiger charge is -2.38. The molecule has 2 fully saturated rings. The number of benzene rings is 1. The number of likely N-dealkylation sites (tertiary alicyclic amines) is 1. The van der Waals surface area contributed by atoms with Crippen LogP contribution in [0.4, 0.5) is 4.79 Å². The predicted molar refractivity (Wildman–Crippen MR) is 113 cm³/mol. The highest BCUT2D eigenvalue weighted by Crippen LogP contribution is 2.44. The van der Waals surface area contributed by atoms with Gasteiger partial charge in [0.25, 0.3) is 0 Å². The summed E-state index contributed by atoms with van der Waals surface area (Å²) >= 11 is 6.64. The second-order valence-corrected chi connectivity index (χ2v) is 9.35. The summed E-state index contributed by atoms with van der Waals surface area (Å²) in [6.07, 6.45) is 2.09. The van der Waals surface area contributed by atoms with E-state index in [0.717, 1.165) is 19.3 Å². The Morgan fingerprint density at radius 2 is 2.00 bits per heavy atom. The van der Waals surface area contributed by atoms with Crippen LogP contribution in [0.25, 0.3) is 0 Å². The molecule has 4 rings (SSSR count). The second-order valence-electron chi connectivity index (χ2n) is 7.74. The number of thiocarbonyl (C=S) groups is 1. The minimum atomic E-state index is -0.207. The van der Waals surface area contributed by atoms with Gasteiger partial charge < -0.3 is 14.5 Å². The fraction of sp³-hybridized carbons (Fsp3) is 0.550. The molecule has 0 radical (unpaired) electrons. The van der Waals surface area contributed by atoms with E-state index >= 15 is 0 Å². The Labute approximate surface area is 175 Å². The van der Waals surface area contributed by atoms with Gasteiger partial charge in [-0.2, -0.15) is 0 Å². The van der Waals surface area contributed by atoms with Gasteiger partial charge in [-0.05, 0) is 24.0 Å². The average molecular weight is 420 g/mol. The third-order valence-electron chi connectivity index (χ3n) is 5.80. The molecule has 1 aliphatic carbocycles. The molecule has 2 saturated heterocycles. The number of carbonyl (C=O) groups is 2. The number of thioether (sulfide) groups is 1. The molecule has 0 N–H and O–H groups in total. The summed E-state index contributed by atoms with van der Waals surface area (Å²) in [6, 6.07) is 8.43. The Morgan fingerprint density at radius 3 is 2.71 bits per heavy atom. The van der Waals surface area contributed by atoms with Gasteiger partial charge in [0.05, 0.1) is 11.8 Å². The molecule has 28 heavy (non-hydrogen) atoms. The van der Waals surface area contributed by atoms with E-state index in [2.05, 4.69) is 12.1 Å². The molecule has 6 nitrogen and oxygen atoms in total. The molecule has 0 aromatic heterocycles. The normalized spacial score (nSPS) is 24.0. The first kappa shape index (κ1) is 19.5. The molecule has 0 bridgehead atoms. The van der Waals surface area contributed by atoms with Gasteiger partial charge in [-0.25, -0.2) is 4.79 Å². The van der Waals surface area contributed by atoms with Crippen LogP contribution < -0.4 is 0 Å². The van der Waals surface area contributed by atoms with E-state index < -0.39 is 0 Å². The predicted octanol–water partition coefficient (Wildman–Crippen LogP) is 2.68. The van der Waals surface area contributed by atoms with E-state index in [1.54, 1.807) is 0 Å². The molecule has 1 aromatic rings. The van der Waals surface area contributed by atoms with Crippen LogP contribution in [0.1, 0.15) is 30.0 Å². The van der Waals surface area contributed by atoms with Crippen LogP contribution in [0.2, 0.25) is 0 Å². The first-order valence-corrected chi connectivity index (χ1v) is 11.0. The van der Waals surface area contributed by atoms with E-state index in [1.807, 2.05) is 40.9 Å². The standard InChI is InChI=1S/C20H25N3O3S2/c1-21(2)20(27)28-12-17(24)22-9-7-14(8-10-22)23-18-15-6-4-3-5-13(15)11-16(18)26-19(23)25/h3-6,14,16,18H,7-12H2,1-2H3. The summed E-state index contributed by atoms with van der Waals surface area (Å²) in [7, 11) is 3.77. The molecule has 8 heteroatoms. The van der Waals surface area contributed by atoms with Crippen LogP contribution in [0, 0.1) is 0 Å². The van der Waals surface area contributed by atoms with Crippen LogP contribution in [0.3, 0.4) is 0 Å². The van der Waals surface area contributed by atoms with Crippen LogP contribution in [0.15, 0.2) is 24.3 Å². The summed E-state index contributed by atoms with van der Waals surface area (Å²) in [5.41, 5.74) is 2.49. The van der Waals surface area contributed by atoms with Crippen molar-refractivity contribution in [3.63, 3.8) is 0 Å². The number of ether oxygens (including phenoxy) is 1. The first-order valence-electron chi connectivity index (χ1n) is 9.64. The fourth-order valence-corrected chi connectivity index (χ4v) is 5.25. The monoisotopic (exact) mass is 419 g/mol. The van der Waals surface area contributed by atoms with Gasteiger partial charge >= 0.3 is 6.09 Å². The average Bonchev–Trinajstić information content (AvgIpc) is 3.20. The lowest BCUT2D eigenvalue weighted by molar-refractivity contribution is -0.129. The van der Waals surface area contributed by atoms with Gasteiger partial charge in [-0.15, -0.1) is 0 Å². The van der Waals surface area contributed by atoms with Crippen molar-refractivity contribution < 1.29 is 14.3 Å². The van der Waals surface area contributed by atoms with Gasteiger partial charge in [0.1, 0.15) is 10.4 Å². The van der Waals surface area contributed by atoms with Crippen molar-refractivity contribution in [1.29, 1.82) is 0 Å². The van der Waals surface area contributed by atoms with Crippen LogP contribution in [-0.4, -0.2) is 76.1 Å². The smallest absolute Gasteiger partial charge is 0.411 e. The van der Waals surface area contributed by atoms with Crippen molar-refractivity contribution in [3.8, 4) is 0 Å². The van der Waals surface area contributed by atoms with Crippen molar-refractivity contribution in [3.05, 3.63) is 35.4 Å². The summed E-state index contributed by atoms with van der Waals surface area (Å²) in [5, 5.41) is 0. The molecule has 0 spiro atoms. The highest BCUT2D eigenvalue weighted by atomic mass is 32.2. The van der Waals surface area contributed by atoms with E-state index in [4.69, 9.17) is 17.0 Å². The van der Waals surface area contributed by atoms with Crippen LogP contribution >= 0.6 is 24.0 Å². The number of nitrogens with zero attached hydrogens (tertiary/aromatic N) is 3. The van der Waals surface area contributed by atoms with Gasteiger partial charge in [-0.3, -0.25) is 9.69 Å². The molecular formula is C20H25N3O3S2. The maximum Gasteiger partial charge on any atom is 0.411 e. The molecule has 1 aromatic carbocycles. The third kappa shape index (κ3) is 3.59. The number of hydrogen-bond donors (Lipinski definition) is 0. The zero-order valence-corrected chi connectivity index (χ0v) is 17.8. The molecule has 2 aliphatic heterocycles. The van der Waals surface area contributed by atoms with Gasteiger partial charge in [0.15, 0.2) is 0 Å². The first-order chi connectivity index (χ1) is 13.5. The van der Waals surface area contributed by atoms with Crippen molar-refractivity contribution in [1.82, 2.24) is 14.7 Å². The quantitative estimate of drug-likeness (QED) is 0.702. The number of rotatable bonds is 3. The molecule has 2 unspecified atom stereocenters. The SMILES string of the molecule is CN(C)C(=S)SCC(=O)N1CCC(N2C(=O)OC3Cc4ccccc4C32)CC1. The third-order valence-corrected chi connectivity index (χ3v) is 7.53. The summed E-state index contributed by atoms with van der Waals surface area (Å²) < 4.78 is 6.40. The highest BCUT2D eigenvalue weighted by Gasteiger charge is 2.50. The number of amides is 2. The van der Waals surface area contributed by atoms with Crippen molar-refractivity contribution in [2.24, 2.45) is 0 Å². The van der Waals surface area contributed by atoms with E-state index in [1.165, 1.54) is 22.9 Å². The molecule has 150 valence electrons. The van der Waals surface area contributed by atoms with Crippen molar-refractivity contribution >= 4 is 40.3 Å². The largest absolute Gasteiger partial charge is 0.443 e. The molecule has 3 aliphatic rings. The number of fused-ring (bicyclic) bond motifs is 3. The molecule has 2 amide bonds. The van der Waals surface area contributed by atoms with Gasteiger partial charge in [0, 0.05) is 39.6 Å². The Kier molecular flexibility index (Phi) is 5.51.